The number of nitrogens with one attached hydrogen (secondary N) is 2. The lowest BCUT2D eigenvalue weighted by Gasteiger charge is -2.50. The second-order valence-electron chi connectivity index (χ2n) is 11.2. The molecule has 6 rings (SSSR count). The second-order valence-corrected chi connectivity index (χ2v) is 11.2. The lowest BCUT2D eigenvalue weighted by Crippen LogP contribution is -2.54. The zero-order chi connectivity index (χ0) is 24.9. The van der Waals surface area contributed by atoms with Crippen molar-refractivity contribution in [1.29, 1.82) is 0 Å². The normalized spacial score (nSPS) is 26.8. The molecule has 5 aliphatic rings. The molecule has 0 aromatic heterocycles. The van der Waals surface area contributed by atoms with Crippen molar-refractivity contribution in [2.75, 3.05) is 44.2 Å². The smallest absolute Gasteiger partial charge is 0.262 e. The first-order valence-electron chi connectivity index (χ1n) is 13.5. The molecular weight excluding hydrogens is 494 g/mol. The fourth-order valence-corrected chi connectivity index (χ4v) is 7.03. The number of benzene rings is 1. The van der Waals surface area contributed by atoms with Gasteiger partial charge in [0.25, 0.3) is 11.8 Å². The lowest BCUT2D eigenvalue weighted by atomic mass is 9.72. The number of amides is 4. The first-order chi connectivity index (χ1) is 17.4. The second kappa shape index (κ2) is 10.3. The monoisotopic (exact) mass is 529 g/mol. The molecule has 0 aliphatic carbocycles. The average molecular weight is 530 g/mol. The van der Waals surface area contributed by atoms with Crippen LogP contribution in [-0.4, -0.2) is 84.8 Å². The zero-order valence-electron chi connectivity index (χ0n) is 21.2. The van der Waals surface area contributed by atoms with E-state index in [2.05, 4.69) is 20.4 Å². The number of hydrogen-bond donors (Lipinski definition) is 2. The van der Waals surface area contributed by atoms with Crippen LogP contribution in [0.3, 0.4) is 0 Å². The Morgan fingerprint density at radius 3 is 2.32 bits per heavy atom. The molecular formula is C27H36ClN5O4. The minimum atomic E-state index is -0.929. The van der Waals surface area contributed by atoms with Gasteiger partial charge in [-0.1, -0.05) is 0 Å². The Bertz CT molecular complexity index is 1100. The molecule has 1 aromatic carbocycles. The van der Waals surface area contributed by atoms with Crippen molar-refractivity contribution in [2.45, 2.75) is 63.5 Å². The van der Waals surface area contributed by atoms with Crippen LogP contribution in [0.5, 0.6) is 0 Å². The molecule has 37 heavy (non-hydrogen) atoms. The number of likely N-dealkylation sites (tertiary alicyclic amines) is 1. The summed E-state index contributed by atoms with van der Waals surface area (Å²) in [5, 5.41) is 5.72. The molecule has 1 spiro atoms. The fourth-order valence-electron chi connectivity index (χ4n) is 7.03. The fraction of sp³-hybridized carbons (Fsp3) is 0.630. The Hall–Kier alpha value is -2.49. The van der Waals surface area contributed by atoms with E-state index in [0.29, 0.717) is 16.5 Å². The highest BCUT2D eigenvalue weighted by molar-refractivity contribution is 6.23. The molecule has 200 valence electrons. The number of anilines is 1. The number of carbonyl (C=O) groups is 4. The molecule has 5 aliphatic heterocycles. The van der Waals surface area contributed by atoms with Gasteiger partial charge in [-0.25, -0.2) is 0 Å². The van der Waals surface area contributed by atoms with E-state index in [1.54, 1.807) is 6.07 Å². The average Bonchev–Trinajstić information content (AvgIpc) is 3.14. The number of hydrogen-bond acceptors (Lipinski definition) is 7. The minimum absolute atomic E-state index is 0. The maximum Gasteiger partial charge on any atom is 0.262 e. The number of fused-ring (bicyclic) bond motifs is 1. The van der Waals surface area contributed by atoms with Gasteiger partial charge in [-0.05, 0) is 94.7 Å². The van der Waals surface area contributed by atoms with Gasteiger partial charge in [0.1, 0.15) is 6.04 Å². The van der Waals surface area contributed by atoms with Crippen LogP contribution in [0.25, 0.3) is 0 Å². The maximum absolute atomic E-state index is 13.3. The first kappa shape index (κ1) is 26.1. The van der Waals surface area contributed by atoms with Crippen molar-refractivity contribution < 1.29 is 19.2 Å². The molecule has 10 heteroatoms. The molecule has 5 heterocycles. The van der Waals surface area contributed by atoms with Crippen LogP contribution in [0.15, 0.2) is 18.2 Å². The quantitative estimate of drug-likeness (QED) is 0.577. The molecule has 0 bridgehead atoms. The Morgan fingerprint density at radius 2 is 1.59 bits per heavy atom. The molecule has 4 saturated heterocycles. The molecule has 1 aromatic rings. The Labute approximate surface area is 223 Å². The summed E-state index contributed by atoms with van der Waals surface area (Å²) in [4.78, 5) is 56.3. The Balaban J connectivity index is 0.00000280. The van der Waals surface area contributed by atoms with Crippen LogP contribution >= 0.6 is 12.4 Å². The molecule has 0 radical (unpaired) electrons. The van der Waals surface area contributed by atoms with E-state index < -0.39 is 23.8 Å². The summed E-state index contributed by atoms with van der Waals surface area (Å²) >= 11 is 0. The van der Waals surface area contributed by atoms with Gasteiger partial charge in [-0.15, -0.1) is 12.4 Å². The minimum Gasteiger partial charge on any atom is -0.371 e. The summed E-state index contributed by atoms with van der Waals surface area (Å²) in [7, 11) is 0. The van der Waals surface area contributed by atoms with Crippen LogP contribution in [0.2, 0.25) is 0 Å². The van der Waals surface area contributed by atoms with Gasteiger partial charge in [0.2, 0.25) is 11.8 Å². The maximum atomic E-state index is 13.3. The number of carbonyl (C=O) groups excluding carboxylic acids is 4. The third kappa shape index (κ3) is 4.77. The molecule has 1 atom stereocenters. The predicted octanol–water partition coefficient (Wildman–Crippen LogP) is 1.94. The van der Waals surface area contributed by atoms with Crippen molar-refractivity contribution >= 4 is 41.7 Å². The summed E-state index contributed by atoms with van der Waals surface area (Å²) < 4.78 is 0. The van der Waals surface area contributed by atoms with E-state index in [1.165, 1.54) is 32.1 Å². The van der Waals surface area contributed by atoms with E-state index >= 15 is 0 Å². The largest absolute Gasteiger partial charge is 0.371 e. The zero-order valence-corrected chi connectivity index (χ0v) is 22.0. The molecule has 2 N–H and O–H groups in total. The Morgan fingerprint density at radius 1 is 0.865 bits per heavy atom. The van der Waals surface area contributed by atoms with E-state index in [4.69, 9.17) is 0 Å². The van der Waals surface area contributed by atoms with E-state index in [1.807, 2.05) is 12.1 Å². The summed E-state index contributed by atoms with van der Waals surface area (Å²) in [6.07, 6.45) is 7.58. The lowest BCUT2D eigenvalue weighted by molar-refractivity contribution is -0.136. The molecule has 0 saturated carbocycles. The molecule has 4 amide bonds. The number of halogens is 1. The topological polar surface area (TPSA) is 102 Å². The summed E-state index contributed by atoms with van der Waals surface area (Å²) in [5.74, 6) is -1.82. The number of nitrogens with zero attached hydrogens (tertiary/aromatic N) is 3. The van der Waals surface area contributed by atoms with E-state index in [0.717, 1.165) is 62.3 Å². The molecule has 9 nitrogen and oxygen atoms in total. The van der Waals surface area contributed by atoms with Gasteiger partial charge in [0.05, 0.1) is 11.1 Å². The van der Waals surface area contributed by atoms with Gasteiger partial charge >= 0.3 is 0 Å². The van der Waals surface area contributed by atoms with Crippen LogP contribution in [-0.2, 0) is 9.59 Å². The van der Waals surface area contributed by atoms with Gasteiger partial charge in [-0.2, -0.15) is 0 Å². The standard InChI is InChI=1S/C27H35N5O4.ClH/c33-23-5-4-22(24(34)29-23)32-25(35)20-3-2-19(16-21(20)26(32)36)31-13-1-8-27(17-31)9-14-30(15-10-27)18-6-11-28-12-7-18;/h2-3,16,18,22,28H,1,4-15,17H2,(H,29,33,34);1H. The predicted molar refractivity (Wildman–Crippen MR) is 141 cm³/mol. The van der Waals surface area contributed by atoms with E-state index in [9.17, 15) is 19.2 Å². The van der Waals surface area contributed by atoms with Gasteiger partial charge < -0.3 is 15.1 Å². The van der Waals surface area contributed by atoms with Crippen molar-refractivity contribution in [3.05, 3.63) is 29.3 Å². The van der Waals surface area contributed by atoms with Crippen LogP contribution in [0, 0.1) is 5.41 Å². The first-order valence-corrected chi connectivity index (χ1v) is 13.5. The van der Waals surface area contributed by atoms with Gasteiger partial charge in [0, 0.05) is 31.2 Å². The third-order valence-corrected chi connectivity index (χ3v) is 9.13. The summed E-state index contributed by atoms with van der Waals surface area (Å²) in [6, 6.07) is 5.31. The summed E-state index contributed by atoms with van der Waals surface area (Å²) in [5.41, 5.74) is 1.98. The number of imide groups is 2. The van der Waals surface area contributed by atoms with Gasteiger partial charge in [-0.3, -0.25) is 29.4 Å². The van der Waals surface area contributed by atoms with Crippen LogP contribution < -0.4 is 15.5 Å². The van der Waals surface area contributed by atoms with Gasteiger partial charge in [0.15, 0.2) is 0 Å². The highest BCUT2D eigenvalue weighted by Gasteiger charge is 2.45. The highest BCUT2D eigenvalue weighted by atomic mass is 35.5. The number of rotatable bonds is 3. The Kier molecular flexibility index (Phi) is 7.31. The number of piperidine rings is 4. The van der Waals surface area contributed by atoms with Crippen LogP contribution in [0.1, 0.15) is 72.1 Å². The SMILES string of the molecule is Cl.O=C1CCC(N2C(=O)c3ccc(N4CCCC5(CCN(C6CCNCC6)CC5)C4)cc3C2=O)C(=O)N1. The third-order valence-electron chi connectivity index (χ3n) is 9.13. The highest BCUT2D eigenvalue weighted by Crippen LogP contribution is 2.42. The van der Waals surface area contributed by atoms with Crippen molar-refractivity contribution in [1.82, 2.24) is 20.4 Å². The van der Waals surface area contributed by atoms with Crippen molar-refractivity contribution in [3.8, 4) is 0 Å². The molecule has 1 unspecified atom stereocenters. The summed E-state index contributed by atoms with van der Waals surface area (Å²) in [6.45, 7) is 6.50. The van der Waals surface area contributed by atoms with Crippen molar-refractivity contribution in [3.63, 3.8) is 0 Å². The van der Waals surface area contributed by atoms with Crippen molar-refractivity contribution in [2.24, 2.45) is 5.41 Å². The van der Waals surface area contributed by atoms with Crippen LogP contribution in [0.4, 0.5) is 5.69 Å². The van der Waals surface area contributed by atoms with E-state index in [-0.39, 0.29) is 31.2 Å². The molecule has 4 fully saturated rings.